The molecule has 0 unspecified atom stereocenters. The van der Waals surface area contributed by atoms with Crippen LogP contribution in [0, 0.1) is 6.92 Å². The predicted octanol–water partition coefficient (Wildman–Crippen LogP) is 2.38. The highest BCUT2D eigenvalue weighted by molar-refractivity contribution is 8.00. The minimum absolute atomic E-state index is 0.150. The third-order valence-corrected chi connectivity index (χ3v) is 6.02. The molecule has 0 radical (unpaired) electrons. The van der Waals surface area contributed by atoms with Gasteiger partial charge in [0, 0.05) is 0 Å². The van der Waals surface area contributed by atoms with Crippen LogP contribution in [0.3, 0.4) is 0 Å². The third-order valence-electron chi connectivity index (χ3n) is 2.62. The molecule has 112 valence electrons. The first-order chi connectivity index (χ1) is 9.92. The summed E-state index contributed by atoms with van der Waals surface area (Å²) < 4.78 is 25.3. The molecule has 1 aromatic heterocycles. The Kier molecular flexibility index (Phi) is 4.92. The van der Waals surface area contributed by atoms with Gasteiger partial charge >= 0.3 is 0 Å². The molecular formula is C13H15N3O2S3. The summed E-state index contributed by atoms with van der Waals surface area (Å²) >= 11 is 3.06. The van der Waals surface area contributed by atoms with Gasteiger partial charge in [0.15, 0.2) is 5.84 Å². The van der Waals surface area contributed by atoms with Crippen molar-refractivity contribution in [2.24, 2.45) is 10.8 Å². The van der Waals surface area contributed by atoms with Gasteiger partial charge < -0.3 is 5.73 Å². The van der Waals surface area contributed by atoms with Gasteiger partial charge in [-0.2, -0.15) is 13.2 Å². The minimum Gasteiger partial charge on any atom is -0.381 e. The molecule has 2 aromatic rings. The van der Waals surface area contributed by atoms with E-state index in [9.17, 15) is 8.42 Å². The lowest BCUT2D eigenvalue weighted by atomic mass is 10.2. The van der Waals surface area contributed by atoms with Crippen molar-refractivity contribution in [1.29, 1.82) is 0 Å². The van der Waals surface area contributed by atoms with Gasteiger partial charge in [0.05, 0.1) is 14.0 Å². The standard InChI is InChI=1S/C13H15N3O2S3/c1-9-4-3-5-10(8-9)21(17,18)16-15-13(14)11-6-7-12(19-2)20-11/h3-8,16H,1-2H3,(H2,14,15). The zero-order chi connectivity index (χ0) is 15.5. The first kappa shape index (κ1) is 15.9. The molecule has 0 aliphatic carbocycles. The number of sulfonamides is 1. The van der Waals surface area contributed by atoms with Gasteiger partial charge in [0.25, 0.3) is 10.0 Å². The van der Waals surface area contributed by atoms with Crippen molar-refractivity contribution < 1.29 is 8.42 Å². The van der Waals surface area contributed by atoms with Gasteiger partial charge in [-0.25, -0.2) is 0 Å². The molecule has 0 fully saturated rings. The molecular weight excluding hydrogens is 326 g/mol. The van der Waals surface area contributed by atoms with Crippen LogP contribution < -0.4 is 10.6 Å². The van der Waals surface area contributed by atoms with Crippen molar-refractivity contribution in [3.8, 4) is 0 Å². The van der Waals surface area contributed by atoms with Gasteiger partial charge in [0.1, 0.15) is 0 Å². The monoisotopic (exact) mass is 341 g/mol. The zero-order valence-corrected chi connectivity index (χ0v) is 14.0. The van der Waals surface area contributed by atoms with Gasteiger partial charge in [-0.1, -0.05) is 12.1 Å². The van der Waals surface area contributed by atoms with Gasteiger partial charge in [0.2, 0.25) is 0 Å². The molecule has 3 N–H and O–H groups in total. The predicted molar refractivity (Wildman–Crippen MR) is 88.3 cm³/mol. The van der Waals surface area contributed by atoms with Crippen molar-refractivity contribution >= 4 is 39.0 Å². The quantitative estimate of drug-likeness (QED) is 0.378. The maximum Gasteiger partial charge on any atom is 0.276 e. The lowest BCUT2D eigenvalue weighted by molar-refractivity contribution is 0.584. The number of nitrogens with one attached hydrogen (secondary N) is 1. The number of hydrogen-bond acceptors (Lipinski definition) is 5. The average molecular weight is 341 g/mol. The normalized spacial score (nSPS) is 12.4. The summed E-state index contributed by atoms with van der Waals surface area (Å²) in [7, 11) is -3.70. The van der Waals surface area contributed by atoms with E-state index in [1.54, 1.807) is 23.9 Å². The molecule has 0 amide bonds. The number of benzene rings is 1. The fraction of sp³-hybridized carbons (Fsp3) is 0.154. The molecule has 21 heavy (non-hydrogen) atoms. The third kappa shape index (κ3) is 3.99. The molecule has 5 nitrogen and oxygen atoms in total. The number of hydrogen-bond donors (Lipinski definition) is 2. The van der Waals surface area contributed by atoms with Crippen LogP contribution in [0.15, 0.2) is 50.6 Å². The number of aryl methyl sites for hydroxylation is 1. The molecule has 1 heterocycles. The highest BCUT2D eigenvalue weighted by Crippen LogP contribution is 2.24. The van der Waals surface area contributed by atoms with Crippen molar-refractivity contribution in [2.75, 3.05) is 6.26 Å². The Bertz CT molecular complexity index is 766. The van der Waals surface area contributed by atoms with Crippen LogP contribution >= 0.6 is 23.1 Å². The van der Waals surface area contributed by atoms with E-state index in [1.807, 2.05) is 31.4 Å². The summed E-state index contributed by atoms with van der Waals surface area (Å²) in [6.45, 7) is 1.83. The smallest absolute Gasteiger partial charge is 0.276 e. The van der Waals surface area contributed by atoms with E-state index >= 15 is 0 Å². The molecule has 0 aliphatic heterocycles. The Morgan fingerprint density at radius 3 is 2.71 bits per heavy atom. The summed E-state index contributed by atoms with van der Waals surface area (Å²) in [5.41, 5.74) is 6.66. The van der Waals surface area contributed by atoms with E-state index in [0.717, 1.165) is 14.6 Å². The summed E-state index contributed by atoms with van der Waals surface area (Å²) in [4.78, 5) is 3.05. The van der Waals surface area contributed by atoms with E-state index in [-0.39, 0.29) is 10.7 Å². The highest BCUT2D eigenvalue weighted by atomic mass is 32.2. The Morgan fingerprint density at radius 1 is 1.33 bits per heavy atom. The van der Waals surface area contributed by atoms with E-state index in [2.05, 4.69) is 9.93 Å². The van der Waals surface area contributed by atoms with Gasteiger partial charge in [-0.05, 0) is 43.0 Å². The zero-order valence-electron chi connectivity index (χ0n) is 11.5. The van der Waals surface area contributed by atoms with Crippen molar-refractivity contribution in [2.45, 2.75) is 16.0 Å². The second kappa shape index (κ2) is 6.50. The Balaban J connectivity index is 2.19. The molecule has 2 rings (SSSR count). The van der Waals surface area contributed by atoms with Crippen LogP contribution in [0.4, 0.5) is 0 Å². The van der Waals surface area contributed by atoms with E-state index in [4.69, 9.17) is 5.73 Å². The summed E-state index contributed by atoms with van der Waals surface area (Å²) in [6.07, 6.45) is 1.96. The number of thiophene rings is 1. The molecule has 0 saturated heterocycles. The molecule has 1 aromatic carbocycles. The minimum atomic E-state index is -3.70. The Labute approximate surface area is 132 Å². The fourth-order valence-corrected chi connectivity index (χ4v) is 3.94. The lowest BCUT2D eigenvalue weighted by Crippen LogP contribution is -2.23. The molecule has 0 atom stereocenters. The number of thioether (sulfide) groups is 1. The Morgan fingerprint density at radius 2 is 2.10 bits per heavy atom. The van der Waals surface area contributed by atoms with Crippen LogP contribution in [-0.2, 0) is 10.0 Å². The number of rotatable bonds is 5. The average Bonchev–Trinajstić information content (AvgIpc) is 2.94. The lowest BCUT2D eigenvalue weighted by Gasteiger charge is -2.05. The van der Waals surface area contributed by atoms with Crippen molar-refractivity contribution in [3.05, 3.63) is 46.8 Å². The topological polar surface area (TPSA) is 84.5 Å². The van der Waals surface area contributed by atoms with Crippen LogP contribution in [0.25, 0.3) is 0 Å². The number of nitrogens with two attached hydrogens (primary N) is 1. The molecule has 0 bridgehead atoms. The number of amidine groups is 1. The van der Waals surface area contributed by atoms with Crippen LogP contribution in [0.2, 0.25) is 0 Å². The van der Waals surface area contributed by atoms with Crippen LogP contribution in [0.5, 0.6) is 0 Å². The van der Waals surface area contributed by atoms with Crippen LogP contribution in [0.1, 0.15) is 10.4 Å². The van der Waals surface area contributed by atoms with E-state index in [0.29, 0.717) is 0 Å². The van der Waals surface area contributed by atoms with E-state index < -0.39 is 10.0 Å². The second-order valence-corrected chi connectivity index (χ2v) is 8.08. The maximum atomic E-state index is 12.1. The molecule has 0 saturated carbocycles. The molecule has 8 heteroatoms. The van der Waals surface area contributed by atoms with Crippen molar-refractivity contribution in [3.63, 3.8) is 0 Å². The summed E-state index contributed by atoms with van der Waals surface area (Å²) in [5, 5.41) is 3.78. The highest BCUT2D eigenvalue weighted by Gasteiger charge is 2.13. The molecule has 0 spiro atoms. The van der Waals surface area contributed by atoms with Crippen molar-refractivity contribution in [1.82, 2.24) is 4.83 Å². The maximum absolute atomic E-state index is 12.1. The first-order valence-electron chi connectivity index (χ1n) is 5.98. The van der Waals surface area contributed by atoms with Crippen LogP contribution in [-0.4, -0.2) is 20.5 Å². The summed E-state index contributed by atoms with van der Waals surface area (Å²) in [5.74, 6) is 0.150. The van der Waals surface area contributed by atoms with E-state index in [1.165, 1.54) is 17.4 Å². The van der Waals surface area contributed by atoms with Gasteiger partial charge in [-0.15, -0.1) is 28.2 Å². The first-order valence-corrected chi connectivity index (χ1v) is 9.50. The fourth-order valence-electron chi connectivity index (χ4n) is 1.57. The largest absolute Gasteiger partial charge is 0.381 e. The number of hydrazone groups is 1. The van der Waals surface area contributed by atoms with Gasteiger partial charge in [-0.3, -0.25) is 0 Å². The molecule has 0 aliphatic rings. The SMILES string of the molecule is CSc1ccc(C(N)=NNS(=O)(=O)c2cccc(C)c2)s1. The summed E-state index contributed by atoms with van der Waals surface area (Å²) in [6, 6.07) is 10.3. The second-order valence-electron chi connectivity index (χ2n) is 4.23. The number of nitrogens with zero attached hydrogens (tertiary/aromatic N) is 1. The Hall–Kier alpha value is -1.51.